The molecule has 0 spiro atoms. The van der Waals surface area contributed by atoms with Gasteiger partial charge in [0.25, 0.3) is 5.56 Å². The highest BCUT2D eigenvalue weighted by atomic mass is 35.5. The van der Waals surface area contributed by atoms with Crippen LogP contribution in [0.15, 0.2) is 113 Å². The van der Waals surface area contributed by atoms with Crippen LogP contribution in [-0.2, 0) is 0 Å². The largest absolute Gasteiger partial charge is 0.457 e. The van der Waals surface area contributed by atoms with Crippen molar-refractivity contribution in [3.05, 3.63) is 124 Å². The molecule has 5 aromatic rings. The summed E-state index contributed by atoms with van der Waals surface area (Å²) in [5.74, 6) is 1.32. The van der Waals surface area contributed by atoms with Crippen molar-refractivity contribution in [2.75, 3.05) is 0 Å². The van der Waals surface area contributed by atoms with Crippen LogP contribution in [0, 0.1) is 0 Å². The summed E-state index contributed by atoms with van der Waals surface area (Å²) in [6.07, 6.45) is 0. The molecule has 0 radical (unpaired) electrons. The number of hydrogen-bond donors (Lipinski definition) is 0. The summed E-state index contributed by atoms with van der Waals surface area (Å²) in [6.45, 7) is 0. The minimum absolute atomic E-state index is 0.242. The van der Waals surface area contributed by atoms with Gasteiger partial charge in [-0.25, -0.2) is 4.98 Å². The number of carbonyl (C=O) groups excluding carboxylic acids is 1. The Morgan fingerprint density at radius 3 is 2.21 bits per heavy atom. The van der Waals surface area contributed by atoms with Gasteiger partial charge in [-0.15, -0.1) is 0 Å². The Balaban J connectivity index is 1.50. The number of fused-ring (bicyclic) bond motifs is 1. The molecular formula is C27H17ClN2O3S. The number of benzene rings is 4. The number of thioether (sulfide) groups is 1. The van der Waals surface area contributed by atoms with Crippen LogP contribution in [0.1, 0.15) is 10.4 Å². The van der Waals surface area contributed by atoms with Crippen LogP contribution in [0.5, 0.6) is 11.5 Å². The first-order chi connectivity index (χ1) is 16.6. The molecular weight excluding hydrogens is 468 g/mol. The molecule has 0 saturated heterocycles. The second kappa shape index (κ2) is 9.55. The van der Waals surface area contributed by atoms with Gasteiger partial charge in [-0.05, 0) is 72.4 Å². The molecule has 4 aromatic carbocycles. The molecule has 5 rings (SSSR count). The molecule has 0 aliphatic heterocycles. The Morgan fingerprint density at radius 1 is 0.794 bits per heavy atom. The molecule has 0 amide bonds. The zero-order chi connectivity index (χ0) is 23.5. The monoisotopic (exact) mass is 484 g/mol. The van der Waals surface area contributed by atoms with Crippen molar-refractivity contribution in [2.24, 2.45) is 0 Å². The van der Waals surface area contributed by atoms with E-state index in [0.29, 0.717) is 38.7 Å². The third-order valence-corrected chi connectivity index (χ3v) is 6.29. The smallest absolute Gasteiger partial charge is 0.266 e. The SMILES string of the molecule is O=C(Sc1nc2ccccc2c(=O)n1-c1ccccc1Cl)c1ccc(Oc2ccccc2)cc1. The van der Waals surface area contributed by atoms with Crippen LogP contribution in [0.25, 0.3) is 16.6 Å². The summed E-state index contributed by atoms with van der Waals surface area (Å²) in [5.41, 5.74) is 1.14. The summed E-state index contributed by atoms with van der Waals surface area (Å²) in [4.78, 5) is 31.1. The molecule has 0 bridgehead atoms. The van der Waals surface area contributed by atoms with Gasteiger partial charge in [0.15, 0.2) is 5.16 Å². The summed E-state index contributed by atoms with van der Waals surface area (Å²) >= 11 is 7.27. The predicted molar refractivity (Wildman–Crippen MR) is 135 cm³/mol. The van der Waals surface area contributed by atoms with Gasteiger partial charge in [0.05, 0.1) is 21.6 Å². The number of aromatic nitrogens is 2. The number of ether oxygens (including phenoxy) is 1. The zero-order valence-electron chi connectivity index (χ0n) is 17.7. The maximum Gasteiger partial charge on any atom is 0.266 e. The van der Waals surface area contributed by atoms with Crippen molar-refractivity contribution in [1.29, 1.82) is 0 Å². The lowest BCUT2D eigenvalue weighted by Crippen LogP contribution is -2.22. The van der Waals surface area contributed by atoms with E-state index in [-0.39, 0.29) is 15.8 Å². The number of halogens is 1. The molecule has 0 atom stereocenters. The van der Waals surface area contributed by atoms with Crippen molar-refractivity contribution in [3.8, 4) is 17.2 Å². The first-order valence-electron chi connectivity index (χ1n) is 10.4. The first-order valence-corrected chi connectivity index (χ1v) is 11.6. The van der Waals surface area contributed by atoms with Gasteiger partial charge in [-0.3, -0.25) is 14.2 Å². The van der Waals surface area contributed by atoms with Gasteiger partial charge >= 0.3 is 0 Å². The van der Waals surface area contributed by atoms with E-state index >= 15 is 0 Å². The summed E-state index contributed by atoms with van der Waals surface area (Å²) < 4.78 is 7.18. The lowest BCUT2D eigenvalue weighted by molar-refractivity contribution is 0.108. The standard InChI is InChI=1S/C27H17ClN2O3S/c28-22-11-5-7-13-24(22)30-25(31)21-10-4-6-12-23(21)29-27(30)34-26(32)18-14-16-20(17-15-18)33-19-8-2-1-3-9-19/h1-17H. The highest BCUT2D eigenvalue weighted by Gasteiger charge is 2.19. The highest BCUT2D eigenvalue weighted by molar-refractivity contribution is 8.14. The minimum atomic E-state index is -0.291. The average Bonchev–Trinajstić information content (AvgIpc) is 2.86. The van der Waals surface area contributed by atoms with Crippen molar-refractivity contribution in [2.45, 2.75) is 5.16 Å². The Kier molecular flexibility index (Phi) is 6.16. The molecule has 1 heterocycles. The Bertz CT molecular complexity index is 1550. The fourth-order valence-corrected chi connectivity index (χ4v) is 4.51. The third kappa shape index (κ3) is 4.46. The summed E-state index contributed by atoms with van der Waals surface area (Å²) in [5, 5.41) is 0.820. The summed E-state index contributed by atoms with van der Waals surface area (Å²) in [6, 6.07) is 30.3. The molecule has 0 N–H and O–H groups in total. The molecule has 5 nitrogen and oxygen atoms in total. The van der Waals surface area contributed by atoms with Gasteiger partial charge < -0.3 is 4.74 Å². The lowest BCUT2D eigenvalue weighted by Gasteiger charge is -2.14. The molecule has 7 heteroatoms. The van der Waals surface area contributed by atoms with E-state index < -0.39 is 0 Å². The number of carbonyl (C=O) groups is 1. The van der Waals surface area contributed by atoms with Crippen molar-refractivity contribution in [1.82, 2.24) is 9.55 Å². The van der Waals surface area contributed by atoms with Gasteiger partial charge in [-0.1, -0.05) is 54.1 Å². The summed E-state index contributed by atoms with van der Waals surface area (Å²) in [7, 11) is 0. The molecule has 0 aliphatic rings. The van der Waals surface area contributed by atoms with Crippen LogP contribution in [0.2, 0.25) is 5.02 Å². The molecule has 0 fully saturated rings. The Morgan fingerprint density at radius 2 is 1.44 bits per heavy atom. The molecule has 1 aromatic heterocycles. The molecule has 0 unspecified atom stereocenters. The molecule has 166 valence electrons. The average molecular weight is 485 g/mol. The Hall–Kier alpha value is -3.87. The van der Waals surface area contributed by atoms with E-state index in [1.54, 1.807) is 72.8 Å². The number of nitrogens with zero attached hydrogens (tertiary/aromatic N) is 2. The van der Waals surface area contributed by atoms with Gasteiger partial charge in [0.2, 0.25) is 5.12 Å². The van der Waals surface area contributed by atoms with Gasteiger partial charge in [0.1, 0.15) is 11.5 Å². The van der Waals surface area contributed by atoms with Crippen LogP contribution in [0.4, 0.5) is 0 Å². The zero-order valence-corrected chi connectivity index (χ0v) is 19.3. The van der Waals surface area contributed by atoms with Gasteiger partial charge in [0, 0.05) is 5.56 Å². The van der Waals surface area contributed by atoms with E-state index in [9.17, 15) is 9.59 Å². The van der Waals surface area contributed by atoms with Crippen LogP contribution in [-0.4, -0.2) is 14.7 Å². The Labute approximate surface area is 204 Å². The minimum Gasteiger partial charge on any atom is -0.457 e. The number of para-hydroxylation sites is 3. The molecule has 0 saturated carbocycles. The van der Waals surface area contributed by atoms with Crippen molar-refractivity contribution >= 4 is 39.4 Å². The van der Waals surface area contributed by atoms with Crippen LogP contribution >= 0.6 is 23.4 Å². The predicted octanol–water partition coefficient (Wildman–Crippen LogP) is 6.76. The molecule has 34 heavy (non-hydrogen) atoms. The fraction of sp³-hybridized carbons (Fsp3) is 0. The number of rotatable bonds is 5. The van der Waals surface area contributed by atoms with Crippen molar-refractivity contribution < 1.29 is 9.53 Å². The quantitative estimate of drug-likeness (QED) is 0.203. The fourth-order valence-electron chi connectivity index (χ4n) is 3.45. The highest BCUT2D eigenvalue weighted by Crippen LogP contribution is 2.29. The van der Waals surface area contributed by atoms with Crippen LogP contribution < -0.4 is 10.3 Å². The van der Waals surface area contributed by atoms with Crippen molar-refractivity contribution in [3.63, 3.8) is 0 Å². The van der Waals surface area contributed by atoms with E-state index in [1.165, 1.54) is 4.57 Å². The third-order valence-electron chi connectivity index (χ3n) is 5.09. The van der Waals surface area contributed by atoms with E-state index in [0.717, 1.165) is 11.8 Å². The normalized spacial score (nSPS) is 10.9. The van der Waals surface area contributed by atoms with E-state index in [1.807, 2.05) is 30.3 Å². The second-order valence-corrected chi connectivity index (χ2v) is 8.68. The first kappa shape index (κ1) is 21.9. The maximum atomic E-state index is 13.4. The number of hydrogen-bond acceptors (Lipinski definition) is 5. The topological polar surface area (TPSA) is 61.2 Å². The van der Waals surface area contributed by atoms with E-state index in [4.69, 9.17) is 16.3 Å². The lowest BCUT2D eigenvalue weighted by atomic mass is 10.2. The second-order valence-electron chi connectivity index (χ2n) is 7.33. The van der Waals surface area contributed by atoms with Crippen LogP contribution in [0.3, 0.4) is 0 Å². The van der Waals surface area contributed by atoms with E-state index in [2.05, 4.69) is 4.98 Å². The maximum absolute atomic E-state index is 13.4. The molecule has 0 aliphatic carbocycles. The van der Waals surface area contributed by atoms with Gasteiger partial charge in [-0.2, -0.15) is 0 Å².